The average molecular weight is 651 g/mol. The third kappa shape index (κ3) is 4.50. The summed E-state index contributed by atoms with van der Waals surface area (Å²) >= 11 is 0. The van der Waals surface area contributed by atoms with Gasteiger partial charge in [-0.25, -0.2) is 0 Å². The van der Waals surface area contributed by atoms with E-state index in [9.17, 15) is 0 Å². The van der Waals surface area contributed by atoms with Crippen LogP contribution < -0.4 is 5.32 Å². The van der Waals surface area contributed by atoms with Crippen molar-refractivity contribution < 1.29 is 0 Å². The fourth-order valence-electron chi connectivity index (χ4n) is 8.51. The molecule has 0 amide bonds. The molecular weight excluding hydrogens is 617 g/mol. The first-order valence-electron chi connectivity index (χ1n) is 17.6. The molecule has 0 spiro atoms. The third-order valence-corrected chi connectivity index (χ3v) is 10.7. The number of fused-ring (bicyclic) bond motifs is 6. The molecule has 0 fully saturated rings. The summed E-state index contributed by atoms with van der Waals surface area (Å²) in [5.41, 5.74) is 15.3. The number of nitrogens with one attached hydrogen (secondary N) is 1. The van der Waals surface area contributed by atoms with Gasteiger partial charge in [0.2, 0.25) is 0 Å². The van der Waals surface area contributed by atoms with Crippen LogP contribution in [0.4, 0.5) is 11.4 Å². The van der Waals surface area contributed by atoms with Crippen molar-refractivity contribution in [2.24, 2.45) is 0 Å². The molecule has 0 saturated heterocycles. The number of para-hydroxylation sites is 3. The van der Waals surface area contributed by atoms with Crippen molar-refractivity contribution in [2.45, 2.75) is 5.41 Å². The summed E-state index contributed by atoms with van der Waals surface area (Å²) in [6.07, 6.45) is 0. The highest BCUT2D eigenvalue weighted by Crippen LogP contribution is 2.56. The van der Waals surface area contributed by atoms with Gasteiger partial charge in [0.15, 0.2) is 0 Å². The largest absolute Gasteiger partial charge is 0.355 e. The lowest BCUT2D eigenvalue weighted by Gasteiger charge is -2.33. The first-order chi connectivity index (χ1) is 25.3. The van der Waals surface area contributed by atoms with Crippen LogP contribution >= 0.6 is 0 Å². The van der Waals surface area contributed by atoms with E-state index >= 15 is 0 Å². The average Bonchev–Trinajstić information content (AvgIpc) is 3.69. The van der Waals surface area contributed by atoms with Crippen LogP contribution in [0.5, 0.6) is 0 Å². The second kappa shape index (κ2) is 11.8. The second-order valence-electron chi connectivity index (χ2n) is 13.4. The first kappa shape index (κ1) is 29.3. The zero-order valence-corrected chi connectivity index (χ0v) is 28.0. The predicted molar refractivity (Wildman–Crippen MR) is 213 cm³/mol. The zero-order valence-electron chi connectivity index (χ0n) is 28.0. The van der Waals surface area contributed by atoms with Gasteiger partial charge in [-0.15, -0.1) is 0 Å². The smallest absolute Gasteiger partial charge is 0.0713 e. The molecule has 0 unspecified atom stereocenters. The molecule has 1 aliphatic carbocycles. The molecule has 0 saturated carbocycles. The molecule has 10 rings (SSSR count). The third-order valence-electron chi connectivity index (χ3n) is 10.7. The molecule has 1 aromatic heterocycles. The Balaban J connectivity index is 1.20. The van der Waals surface area contributed by atoms with Gasteiger partial charge in [-0.1, -0.05) is 158 Å². The van der Waals surface area contributed by atoms with Crippen LogP contribution in [-0.2, 0) is 5.41 Å². The molecule has 1 heterocycles. The quantitative estimate of drug-likeness (QED) is 0.189. The summed E-state index contributed by atoms with van der Waals surface area (Å²) in [5.74, 6) is 0. The minimum absolute atomic E-state index is 0.420. The normalized spacial score (nSPS) is 12.9. The maximum atomic E-state index is 3.66. The van der Waals surface area contributed by atoms with E-state index in [1.807, 2.05) is 6.07 Å². The Kier molecular flexibility index (Phi) is 6.75. The molecule has 1 N–H and O–H groups in total. The fourth-order valence-corrected chi connectivity index (χ4v) is 8.51. The number of aromatic nitrogens is 1. The van der Waals surface area contributed by atoms with Crippen LogP contribution in [-0.4, -0.2) is 4.57 Å². The number of anilines is 2. The second-order valence-corrected chi connectivity index (χ2v) is 13.4. The van der Waals surface area contributed by atoms with E-state index in [0.717, 1.165) is 17.1 Å². The van der Waals surface area contributed by atoms with Crippen molar-refractivity contribution in [2.75, 3.05) is 5.32 Å². The predicted octanol–water partition coefficient (Wildman–Crippen LogP) is 12.6. The van der Waals surface area contributed by atoms with Gasteiger partial charge in [0.1, 0.15) is 0 Å². The fraction of sp³-hybridized carbons (Fsp3) is 0.0204. The minimum Gasteiger partial charge on any atom is -0.355 e. The van der Waals surface area contributed by atoms with Crippen LogP contribution in [0.2, 0.25) is 0 Å². The zero-order chi connectivity index (χ0) is 33.8. The molecular formula is C49H34N2. The van der Waals surface area contributed by atoms with Gasteiger partial charge >= 0.3 is 0 Å². The highest BCUT2D eigenvalue weighted by Gasteiger charge is 2.46. The summed E-state index contributed by atoms with van der Waals surface area (Å²) in [5, 5.41) is 6.15. The van der Waals surface area contributed by atoms with Gasteiger partial charge in [-0.05, 0) is 81.4 Å². The monoisotopic (exact) mass is 650 g/mol. The molecule has 240 valence electrons. The summed E-state index contributed by atoms with van der Waals surface area (Å²) in [6.45, 7) is 0. The van der Waals surface area contributed by atoms with E-state index in [-0.39, 0.29) is 0 Å². The summed E-state index contributed by atoms with van der Waals surface area (Å²) < 4.78 is 2.45. The molecule has 1 aliphatic rings. The van der Waals surface area contributed by atoms with E-state index in [2.05, 4.69) is 204 Å². The number of hydrogen-bond donors (Lipinski definition) is 1. The summed E-state index contributed by atoms with van der Waals surface area (Å²) in [6, 6.07) is 72.8. The van der Waals surface area contributed by atoms with Crippen LogP contribution in [0.25, 0.3) is 49.7 Å². The lowest BCUT2D eigenvalue weighted by atomic mass is 9.68. The Labute approximate surface area is 297 Å². The Morgan fingerprint density at radius 1 is 0.392 bits per heavy atom. The number of nitrogens with zero attached hydrogens (tertiary/aromatic N) is 1. The van der Waals surface area contributed by atoms with Crippen molar-refractivity contribution in [1.82, 2.24) is 4.57 Å². The highest BCUT2D eigenvalue weighted by atomic mass is 15.0. The van der Waals surface area contributed by atoms with Gasteiger partial charge in [0, 0.05) is 33.4 Å². The molecule has 8 aromatic carbocycles. The highest BCUT2D eigenvalue weighted by molar-refractivity contribution is 6.10. The molecule has 0 radical (unpaired) electrons. The van der Waals surface area contributed by atoms with Crippen LogP contribution in [0.15, 0.2) is 200 Å². The maximum absolute atomic E-state index is 3.66. The standard InChI is InChI=1S/C49H34N2/c1-4-16-35(17-5-1)49(36-18-6-2-7-19-36)44-25-13-10-23-40(44)43-33-38(29-31-45(43)49)51-47-27-15-12-24-41(47)42-30-28-34(32-48(42)51)39-22-11-14-26-46(39)50-37-20-8-3-9-21-37/h1-33,50H. The Hall–Kier alpha value is -6.64. The van der Waals surface area contributed by atoms with E-state index < -0.39 is 5.41 Å². The molecule has 0 bridgehead atoms. The summed E-state index contributed by atoms with van der Waals surface area (Å²) in [4.78, 5) is 0. The maximum Gasteiger partial charge on any atom is 0.0713 e. The Bertz CT molecular complexity index is 2670. The van der Waals surface area contributed by atoms with Gasteiger partial charge in [-0.3, -0.25) is 0 Å². The van der Waals surface area contributed by atoms with Crippen molar-refractivity contribution in [3.63, 3.8) is 0 Å². The molecule has 0 aliphatic heterocycles. The van der Waals surface area contributed by atoms with E-state index in [1.54, 1.807) is 0 Å². The van der Waals surface area contributed by atoms with Gasteiger partial charge in [0.05, 0.1) is 16.4 Å². The van der Waals surface area contributed by atoms with Crippen LogP contribution in [0, 0.1) is 0 Å². The van der Waals surface area contributed by atoms with E-state index in [1.165, 1.54) is 66.3 Å². The molecule has 51 heavy (non-hydrogen) atoms. The van der Waals surface area contributed by atoms with Crippen molar-refractivity contribution in [3.05, 3.63) is 222 Å². The molecule has 0 atom stereocenters. The number of hydrogen-bond acceptors (Lipinski definition) is 1. The molecule has 2 nitrogen and oxygen atoms in total. The lowest BCUT2D eigenvalue weighted by Crippen LogP contribution is -2.28. The van der Waals surface area contributed by atoms with Gasteiger partial charge in [0.25, 0.3) is 0 Å². The Morgan fingerprint density at radius 3 is 1.75 bits per heavy atom. The SMILES string of the molecule is c1ccc(Nc2ccccc2-c2ccc3c4ccccc4n(-c4ccc5c(c4)-c4ccccc4C5(c4ccccc4)c4ccccc4)c3c2)cc1. The van der Waals surface area contributed by atoms with E-state index in [0.29, 0.717) is 0 Å². The number of rotatable bonds is 6. The topological polar surface area (TPSA) is 17.0 Å². The lowest BCUT2D eigenvalue weighted by molar-refractivity contribution is 0.768. The van der Waals surface area contributed by atoms with Gasteiger partial charge in [-0.2, -0.15) is 0 Å². The van der Waals surface area contributed by atoms with Crippen LogP contribution in [0.1, 0.15) is 22.3 Å². The van der Waals surface area contributed by atoms with E-state index in [4.69, 9.17) is 0 Å². The summed E-state index contributed by atoms with van der Waals surface area (Å²) in [7, 11) is 0. The Morgan fingerprint density at radius 2 is 0.980 bits per heavy atom. The van der Waals surface area contributed by atoms with Crippen molar-refractivity contribution in [3.8, 4) is 27.9 Å². The first-order valence-corrected chi connectivity index (χ1v) is 17.6. The van der Waals surface area contributed by atoms with Crippen molar-refractivity contribution in [1.29, 1.82) is 0 Å². The van der Waals surface area contributed by atoms with Crippen LogP contribution in [0.3, 0.4) is 0 Å². The van der Waals surface area contributed by atoms with Crippen molar-refractivity contribution >= 4 is 33.2 Å². The molecule has 2 heteroatoms. The molecule has 9 aromatic rings. The number of benzene rings is 8. The minimum atomic E-state index is -0.420. The van der Waals surface area contributed by atoms with Gasteiger partial charge < -0.3 is 9.88 Å².